The molecule has 0 spiro atoms. The minimum Gasteiger partial charge on any atom is -0.345 e. The maximum absolute atomic E-state index is 11.9. The molecule has 0 aromatic carbocycles. The van der Waals surface area contributed by atoms with Gasteiger partial charge in [0.15, 0.2) is 0 Å². The van der Waals surface area contributed by atoms with Crippen molar-refractivity contribution in [3.8, 4) is 0 Å². The molecule has 0 aliphatic heterocycles. The average Bonchev–Trinajstić information content (AvgIpc) is 2.25. The van der Waals surface area contributed by atoms with Gasteiger partial charge in [0.25, 0.3) is 0 Å². The Kier molecular flexibility index (Phi) is 4.05. The lowest BCUT2D eigenvalue weighted by molar-refractivity contribution is -0.138. The fourth-order valence-electron chi connectivity index (χ4n) is 1.50. The Morgan fingerprint density at radius 2 is 2.06 bits per heavy atom. The van der Waals surface area contributed by atoms with Crippen molar-refractivity contribution in [2.24, 2.45) is 5.41 Å². The largest absolute Gasteiger partial charge is 0.345 e. The number of aromatic nitrogens is 1. The van der Waals surface area contributed by atoms with E-state index in [0.29, 0.717) is 6.54 Å². The van der Waals surface area contributed by atoms with Gasteiger partial charge in [0.05, 0.1) is 0 Å². The van der Waals surface area contributed by atoms with Crippen molar-refractivity contribution in [1.82, 2.24) is 9.88 Å². The van der Waals surface area contributed by atoms with Crippen LogP contribution in [0.15, 0.2) is 24.4 Å². The second-order valence-corrected chi connectivity index (χ2v) is 5.05. The Bertz CT molecular complexity index is 341. The number of carbonyl (C=O) groups excluding carboxylic acids is 1. The fourth-order valence-corrected chi connectivity index (χ4v) is 1.50. The molecule has 0 unspecified atom stereocenters. The van der Waals surface area contributed by atoms with Gasteiger partial charge in [-0.25, -0.2) is 0 Å². The van der Waals surface area contributed by atoms with Gasteiger partial charge < -0.3 is 4.90 Å². The molecule has 0 fully saturated rings. The highest BCUT2D eigenvalue weighted by Gasteiger charge is 2.24. The van der Waals surface area contributed by atoms with Crippen LogP contribution in [0.1, 0.15) is 26.5 Å². The third-order valence-corrected chi connectivity index (χ3v) is 2.42. The molecule has 1 aromatic rings. The van der Waals surface area contributed by atoms with Crippen LogP contribution >= 0.6 is 0 Å². The Morgan fingerprint density at radius 1 is 1.38 bits per heavy atom. The van der Waals surface area contributed by atoms with Crippen LogP contribution in [0, 0.1) is 5.41 Å². The minimum absolute atomic E-state index is 0.170. The molecular formula is C13H20N2O. The molecule has 0 atom stereocenters. The van der Waals surface area contributed by atoms with Gasteiger partial charge in [0.1, 0.15) is 0 Å². The molecule has 3 heteroatoms. The molecule has 0 saturated carbocycles. The first-order valence-electron chi connectivity index (χ1n) is 5.57. The molecule has 88 valence electrons. The Labute approximate surface area is 97.5 Å². The Hall–Kier alpha value is -1.38. The van der Waals surface area contributed by atoms with Crippen molar-refractivity contribution in [2.75, 3.05) is 13.6 Å². The lowest BCUT2D eigenvalue weighted by atomic mass is 9.95. The topological polar surface area (TPSA) is 33.2 Å². The first-order chi connectivity index (χ1) is 7.41. The maximum Gasteiger partial charge on any atom is 0.227 e. The summed E-state index contributed by atoms with van der Waals surface area (Å²) in [6.45, 7) is 6.53. The Morgan fingerprint density at radius 3 is 2.56 bits per heavy atom. The summed E-state index contributed by atoms with van der Waals surface area (Å²) in [4.78, 5) is 17.9. The van der Waals surface area contributed by atoms with Gasteiger partial charge in [0.2, 0.25) is 5.91 Å². The van der Waals surface area contributed by atoms with E-state index in [0.717, 1.165) is 12.1 Å². The predicted molar refractivity (Wildman–Crippen MR) is 65.0 cm³/mol. The van der Waals surface area contributed by atoms with E-state index in [2.05, 4.69) is 4.98 Å². The van der Waals surface area contributed by atoms with E-state index in [9.17, 15) is 4.79 Å². The molecule has 16 heavy (non-hydrogen) atoms. The van der Waals surface area contributed by atoms with Gasteiger partial charge in [-0.1, -0.05) is 26.8 Å². The lowest BCUT2D eigenvalue weighted by Gasteiger charge is -2.25. The van der Waals surface area contributed by atoms with Gasteiger partial charge in [-0.05, 0) is 12.1 Å². The van der Waals surface area contributed by atoms with Crippen LogP contribution in [0.25, 0.3) is 0 Å². The highest BCUT2D eigenvalue weighted by molar-refractivity contribution is 5.81. The van der Waals surface area contributed by atoms with Crippen molar-refractivity contribution >= 4 is 5.91 Å². The van der Waals surface area contributed by atoms with E-state index in [4.69, 9.17) is 0 Å². The zero-order valence-electron chi connectivity index (χ0n) is 10.5. The first-order valence-corrected chi connectivity index (χ1v) is 5.57. The summed E-state index contributed by atoms with van der Waals surface area (Å²) in [7, 11) is 1.84. The number of hydrogen-bond donors (Lipinski definition) is 0. The predicted octanol–water partition coefficient (Wildman–Crippen LogP) is 2.13. The number of hydrogen-bond acceptors (Lipinski definition) is 2. The van der Waals surface area contributed by atoms with E-state index >= 15 is 0 Å². The van der Waals surface area contributed by atoms with Crippen molar-refractivity contribution in [3.63, 3.8) is 0 Å². The number of rotatable bonds is 3. The van der Waals surface area contributed by atoms with Crippen molar-refractivity contribution in [1.29, 1.82) is 0 Å². The van der Waals surface area contributed by atoms with E-state index < -0.39 is 0 Å². The highest BCUT2D eigenvalue weighted by Crippen LogP contribution is 2.16. The summed E-state index contributed by atoms with van der Waals surface area (Å²) in [6.07, 6.45) is 2.58. The van der Waals surface area contributed by atoms with Gasteiger partial charge in [-0.3, -0.25) is 9.78 Å². The molecule has 0 aliphatic rings. The third kappa shape index (κ3) is 3.65. The standard InChI is InChI=1S/C13H20N2O/c1-13(2,3)12(16)15(4)10-8-11-7-5-6-9-14-11/h5-7,9H,8,10H2,1-4H3. The first kappa shape index (κ1) is 12.7. The number of nitrogens with zero attached hydrogens (tertiary/aromatic N) is 2. The minimum atomic E-state index is -0.307. The van der Waals surface area contributed by atoms with Gasteiger partial charge in [-0.15, -0.1) is 0 Å². The molecule has 3 nitrogen and oxygen atoms in total. The summed E-state index contributed by atoms with van der Waals surface area (Å²) >= 11 is 0. The molecule has 1 rings (SSSR count). The zero-order valence-corrected chi connectivity index (χ0v) is 10.5. The van der Waals surface area contributed by atoms with Crippen molar-refractivity contribution in [3.05, 3.63) is 30.1 Å². The molecule has 0 saturated heterocycles. The number of likely N-dealkylation sites (N-methyl/N-ethyl adjacent to an activating group) is 1. The van der Waals surface area contributed by atoms with Crippen LogP contribution in [0.5, 0.6) is 0 Å². The smallest absolute Gasteiger partial charge is 0.227 e. The van der Waals surface area contributed by atoms with Crippen molar-refractivity contribution in [2.45, 2.75) is 27.2 Å². The summed E-state index contributed by atoms with van der Waals surface area (Å²) in [5, 5.41) is 0. The van der Waals surface area contributed by atoms with Crippen molar-refractivity contribution < 1.29 is 4.79 Å². The van der Waals surface area contributed by atoms with Crippen LogP contribution in [0.4, 0.5) is 0 Å². The third-order valence-electron chi connectivity index (χ3n) is 2.42. The Balaban J connectivity index is 2.48. The van der Waals surface area contributed by atoms with Gasteiger partial charge >= 0.3 is 0 Å². The average molecular weight is 220 g/mol. The monoisotopic (exact) mass is 220 g/mol. The summed E-state index contributed by atoms with van der Waals surface area (Å²) < 4.78 is 0. The molecule has 1 heterocycles. The summed E-state index contributed by atoms with van der Waals surface area (Å²) in [5.74, 6) is 0.170. The fraction of sp³-hybridized carbons (Fsp3) is 0.538. The molecule has 0 aliphatic carbocycles. The normalized spacial score (nSPS) is 11.2. The molecule has 0 radical (unpaired) electrons. The molecular weight excluding hydrogens is 200 g/mol. The SMILES string of the molecule is CN(CCc1ccccn1)C(=O)C(C)(C)C. The van der Waals surface area contributed by atoms with E-state index in [-0.39, 0.29) is 11.3 Å². The number of amides is 1. The van der Waals surface area contributed by atoms with Crippen LogP contribution in [-0.4, -0.2) is 29.4 Å². The van der Waals surface area contributed by atoms with Gasteiger partial charge in [-0.2, -0.15) is 0 Å². The lowest BCUT2D eigenvalue weighted by Crippen LogP contribution is -2.37. The number of carbonyl (C=O) groups is 1. The maximum atomic E-state index is 11.9. The molecule has 1 amide bonds. The van der Waals surface area contributed by atoms with Gasteiger partial charge in [0, 0.05) is 37.3 Å². The quantitative estimate of drug-likeness (QED) is 0.781. The molecule has 1 aromatic heterocycles. The van der Waals surface area contributed by atoms with E-state index in [1.807, 2.05) is 46.0 Å². The number of pyridine rings is 1. The van der Waals surface area contributed by atoms with E-state index in [1.54, 1.807) is 11.1 Å². The summed E-state index contributed by atoms with van der Waals surface area (Å²) in [6, 6.07) is 5.84. The van der Waals surface area contributed by atoms with Crippen LogP contribution < -0.4 is 0 Å². The zero-order chi connectivity index (χ0) is 12.2. The second kappa shape index (κ2) is 5.10. The molecule has 0 N–H and O–H groups in total. The van der Waals surface area contributed by atoms with Crippen LogP contribution in [-0.2, 0) is 11.2 Å². The highest BCUT2D eigenvalue weighted by atomic mass is 16.2. The van der Waals surface area contributed by atoms with E-state index in [1.165, 1.54) is 0 Å². The molecule has 0 bridgehead atoms. The van der Waals surface area contributed by atoms with Crippen LogP contribution in [0.3, 0.4) is 0 Å². The second-order valence-electron chi connectivity index (χ2n) is 5.05. The van der Waals surface area contributed by atoms with Crippen LogP contribution in [0.2, 0.25) is 0 Å². The summed E-state index contributed by atoms with van der Waals surface area (Å²) in [5.41, 5.74) is 0.717.